The van der Waals surface area contributed by atoms with Gasteiger partial charge in [-0.3, -0.25) is 14.9 Å². The number of carboxylic acid groups (broad SMARTS) is 1. The molecule has 0 unspecified atom stereocenters. The van der Waals surface area contributed by atoms with Crippen molar-refractivity contribution >= 4 is 34.0 Å². The molecule has 0 aliphatic heterocycles. The van der Waals surface area contributed by atoms with Crippen molar-refractivity contribution in [1.82, 2.24) is 4.98 Å². The van der Waals surface area contributed by atoms with Crippen molar-refractivity contribution in [3.8, 4) is 0 Å². The molecule has 0 aliphatic carbocycles. The quantitative estimate of drug-likeness (QED) is 0.351. The van der Waals surface area contributed by atoms with Crippen LogP contribution < -0.4 is 10.6 Å². The van der Waals surface area contributed by atoms with Crippen molar-refractivity contribution in [1.29, 1.82) is 0 Å². The number of nitrogens with zero attached hydrogens (tertiary/aromatic N) is 1. The Morgan fingerprint density at radius 3 is 2.58 bits per heavy atom. The maximum absolute atomic E-state index is 12.4. The van der Waals surface area contributed by atoms with Crippen molar-refractivity contribution in [2.45, 2.75) is 45.6 Å². The fraction of sp³-hybridized carbons (Fsp3) is 0.292. The highest BCUT2D eigenvalue weighted by Gasteiger charge is 2.11. The number of aliphatic carboxylic acids is 1. The molecule has 0 bridgehead atoms. The Kier molecular flexibility index (Phi) is 8.18. The number of anilines is 2. The number of carbonyl (C=O) groups excluding carboxylic acids is 1. The van der Waals surface area contributed by atoms with Crippen LogP contribution in [0.2, 0.25) is 0 Å². The van der Waals surface area contributed by atoms with Crippen LogP contribution in [0.4, 0.5) is 10.8 Å². The maximum atomic E-state index is 12.4. The van der Waals surface area contributed by atoms with Crippen LogP contribution in [-0.2, 0) is 24.2 Å². The zero-order chi connectivity index (χ0) is 22.1. The molecule has 0 atom stereocenters. The number of hydrogen-bond acceptors (Lipinski definition) is 5. The molecule has 0 saturated carbocycles. The lowest BCUT2D eigenvalue weighted by molar-refractivity contribution is -0.136. The van der Waals surface area contributed by atoms with Gasteiger partial charge in [0.2, 0.25) is 0 Å². The molecule has 162 valence electrons. The van der Waals surface area contributed by atoms with E-state index in [-0.39, 0.29) is 12.3 Å². The lowest BCUT2D eigenvalue weighted by Crippen LogP contribution is -2.12. The van der Waals surface area contributed by atoms with Gasteiger partial charge in [-0.25, -0.2) is 4.98 Å². The molecule has 3 aromatic rings. The van der Waals surface area contributed by atoms with Crippen LogP contribution in [0.25, 0.3) is 0 Å². The average Bonchev–Trinajstić information content (AvgIpc) is 3.19. The number of aryl methyl sites for hydroxylation is 1. The molecule has 0 aliphatic rings. The number of rotatable bonds is 11. The number of nitrogens with one attached hydrogen (secondary N) is 2. The average molecular weight is 438 g/mol. The van der Waals surface area contributed by atoms with Gasteiger partial charge in [-0.2, -0.15) is 0 Å². The van der Waals surface area contributed by atoms with Gasteiger partial charge in [0, 0.05) is 23.2 Å². The summed E-state index contributed by atoms with van der Waals surface area (Å²) in [6.45, 7) is 2.89. The van der Waals surface area contributed by atoms with E-state index in [1.807, 2.05) is 18.2 Å². The second-order valence-electron chi connectivity index (χ2n) is 7.33. The summed E-state index contributed by atoms with van der Waals surface area (Å²) >= 11 is 1.22. The third-order valence-electron chi connectivity index (χ3n) is 4.87. The smallest absolute Gasteiger partial charge is 0.309 e. The molecule has 3 rings (SSSR count). The second-order valence-corrected chi connectivity index (χ2v) is 8.19. The summed E-state index contributed by atoms with van der Waals surface area (Å²) in [7, 11) is 0. The third-order valence-corrected chi connectivity index (χ3v) is 5.68. The monoisotopic (exact) mass is 437 g/mol. The summed E-state index contributed by atoms with van der Waals surface area (Å²) in [4.78, 5) is 27.3. The Bertz CT molecular complexity index is 1010. The number of carboxylic acids is 1. The number of benzene rings is 2. The highest BCUT2D eigenvalue weighted by Crippen LogP contribution is 2.20. The van der Waals surface area contributed by atoms with E-state index in [1.54, 1.807) is 17.5 Å². The number of thiazole rings is 1. The van der Waals surface area contributed by atoms with Crippen molar-refractivity contribution in [3.63, 3.8) is 0 Å². The van der Waals surface area contributed by atoms with Crippen LogP contribution in [0.1, 0.15) is 53.4 Å². The Hall–Kier alpha value is -3.19. The first-order valence-electron chi connectivity index (χ1n) is 10.4. The molecule has 0 fully saturated rings. The Morgan fingerprint density at radius 2 is 1.84 bits per heavy atom. The van der Waals surface area contributed by atoms with E-state index in [2.05, 4.69) is 40.7 Å². The zero-order valence-corrected chi connectivity index (χ0v) is 18.4. The lowest BCUT2D eigenvalue weighted by atomic mass is 10.0. The molecular weight excluding hydrogens is 410 g/mol. The normalized spacial score (nSPS) is 10.6. The van der Waals surface area contributed by atoms with Gasteiger partial charge in [0.05, 0.1) is 12.1 Å². The third kappa shape index (κ3) is 6.93. The van der Waals surface area contributed by atoms with Crippen LogP contribution in [0.3, 0.4) is 0 Å². The Morgan fingerprint density at radius 1 is 1.06 bits per heavy atom. The molecule has 1 aromatic heterocycles. The molecule has 7 heteroatoms. The van der Waals surface area contributed by atoms with Crippen LogP contribution in [-0.4, -0.2) is 22.0 Å². The van der Waals surface area contributed by atoms with Crippen molar-refractivity contribution in [2.75, 3.05) is 10.6 Å². The highest BCUT2D eigenvalue weighted by atomic mass is 32.1. The summed E-state index contributed by atoms with van der Waals surface area (Å²) < 4.78 is 0. The largest absolute Gasteiger partial charge is 0.481 e. The molecule has 2 aromatic carbocycles. The summed E-state index contributed by atoms with van der Waals surface area (Å²) in [6, 6.07) is 15.8. The van der Waals surface area contributed by atoms with Gasteiger partial charge in [-0.1, -0.05) is 50.1 Å². The number of carbonyl (C=O) groups is 2. The first-order chi connectivity index (χ1) is 15.0. The minimum Gasteiger partial charge on any atom is -0.481 e. The number of aromatic nitrogens is 1. The molecule has 31 heavy (non-hydrogen) atoms. The van der Waals surface area contributed by atoms with Gasteiger partial charge < -0.3 is 10.4 Å². The van der Waals surface area contributed by atoms with E-state index in [0.717, 1.165) is 17.7 Å². The number of amides is 1. The Balaban J connectivity index is 1.55. The minimum atomic E-state index is -0.948. The molecule has 3 N–H and O–H groups in total. The first kappa shape index (κ1) is 22.5. The van der Waals surface area contributed by atoms with E-state index in [1.165, 1.54) is 36.2 Å². The molecule has 0 spiro atoms. The SMILES string of the molecule is CCCCCc1ccccc1NCc1ccc(C(=O)Nc2nc(CC(=O)O)cs2)cc1. The van der Waals surface area contributed by atoms with E-state index in [9.17, 15) is 9.59 Å². The predicted molar refractivity (Wildman–Crippen MR) is 125 cm³/mol. The molecule has 1 heterocycles. The van der Waals surface area contributed by atoms with Gasteiger partial charge in [-0.15, -0.1) is 11.3 Å². The number of hydrogen-bond donors (Lipinski definition) is 3. The minimum absolute atomic E-state index is 0.157. The fourth-order valence-electron chi connectivity index (χ4n) is 3.22. The summed E-state index contributed by atoms with van der Waals surface area (Å²) in [5, 5.41) is 17.1. The maximum Gasteiger partial charge on any atom is 0.309 e. The number of unbranched alkanes of at least 4 members (excludes halogenated alkanes) is 2. The van der Waals surface area contributed by atoms with Gasteiger partial charge in [-0.05, 0) is 42.2 Å². The lowest BCUT2D eigenvalue weighted by Gasteiger charge is -2.12. The molecule has 6 nitrogen and oxygen atoms in total. The van der Waals surface area contributed by atoms with Crippen molar-refractivity contribution in [2.24, 2.45) is 0 Å². The van der Waals surface area contributed by atoms with Gasteiger partial charge in [0.15, 0.2) is 5.13 Å². The van der Waals surface area contributed by atoms with Crippen molar-refractivity contribution in [3.05, 3.63) is 76.3 Å². The van der Waals surface area contributed by atoms with Gasteiger partial charge >= 0.3 is 5.97 Å². The van der Waals surface area contributed by atoms with Gasteiger partial charge in [0.1, 0.15) is 0 Å². The van der Waals surface area contributed by atoms with E-state index < -0.39 is 5.97 Å². The van der Waals surface area contributed by atoms with Crippen LogP contribution in [0.5, 0.6) is 0 Å². The molecule has 0 radical (unpaired) electrons. The molecule has 1 amide bonds. The predicted octanol–water partition coefficient (Wildman–Crippen LogP) is 5.37. The van der Waals surface area contributed by atoms with Crippen LogP contribution in [0.15, 0.2) is 53.9 Å². The van der Waals surface area contributed by atoms with E-state index in [4.69, 9.17) is 5.11 Å². The van der Waals surface area contributed by atoms with Crippen molar-refractivity contribution < 1.29 is 14.7 Å². The standard InChI is InChI=1S/C24H27N3O3S/c1-2-3-4-7-18-8-5-6-9-21(18)25-15-17-10-12-19(13-11-17)23(30)27-24-26-20(16-31-24)14-22(28)29/h5-6,8-13,16,25H,2-4,7,14-15H2,1H3,(H,28,29)(H,26,27,30). The summed E-state index contributed by atoms with van der Waals surface area (Å²) in [5.41, 5.74) is 4.53. The van der Waals surface area contributed by atoms with E-state index >= 15 is 0 Å². The topological polar surface area (TPSA) is 91.3 Å². The van der Waals surface area contributed by atoms with Crippen LogP contribution >= 0.6 is 11.3 Å². The molecular formula is C24H27N3O3S. The van der Waals surface area contributed by atoms with Crippen LogP contribution in [0, 0.1) is 0 Å². The summed E-state index contributed by atoms with van der Waals surface area (Å²) in [5.74, 6) is -1.21. The van der Waals surface area contributed by atoms with E-state index in [0.29, 0.717) is 22.9 Å². The highest BCUT2D eigenvalue weighted by molar-refractivity contribution is 7.14. The Labute approximate surface area is 186 Å². The molecule has 0 saturated heterocycles. The second kappa shape index (κ2) is 11.3. The summed E-state index contributed by atoms with van der Waals surface area (Å²) in [6.07, 6.45) is 4.55. The zero-order valence-electron chi connectivity index (χ0n) is 17.6. The number of para-hydroxylation sites is 1. The van der Waals surface area contributed by atoms with Gasteiger partial charge in [0.25, 0.3) is 5.91 Å². The fourth-order valence-corrected chi connectivity index (χ4v) is 3.92. The first-order valence-corrected chi connectivity index (χ1v) is 11.3.